The average molecular weight is 238 g/mol. The molecule has 1 saturated heterocycles. The molecular weight excluding hydrogens is 223 g/mol. The van der Waals surface area contributed by atoms with Gasteiger partial charge in [0.15, 0.2) is 0 Å². The molecule has 0 saturated carbocycles. The van der Waals surface area contributed by atoms with Crippen LogP contribution in [0, 0.1) is 11.7 Å². The third-order valence-corrected chi connectivity index (χ3v) is 3.09. The number of aliphatic hydroxyl groups is 1. The molecule has 1 aliphatic heterocycles. The Kier molecular flexibility index (Phi) is 3.38. The van der Waals surface area contributed by atoms with Gasteiger partial charge in [-0.05, 0) is 24.5 Å². The van der Waals surface area contributed by atoms with Crippen LogP contribution in [0.3, 0.4) is 0 Å². The maximum Gasteiger partial charge on any atom is 0.272 e. The maximum atomic E-state index is 12.7. The number of aliphatic hydroxyl groups excluding tert-OH is 1. The number of likely N-dealkylation sites (tertiary alicyclic amines) is 1. The van der Waals surface area contributed by atoms with E-state index < -0.39 is 5.82 Å². The number of aromatic nitrogens is 1. The van der Waals surface area contributed by atoms with E-state index in [4.69, 9.17) is 0 Å². The largest absolute Gasteiger partial charge is 0.393 e. The molecule has 5 heteroatoms. The normalized spacial score (nSPS) is 24.8. The number of carbonyl (C=O) groups is 1. The van der Waals surface area contributed by atoms with Crippen molar-refractivity contribution in [3.8, 4) is 0 Å². The Hall–Kier alpha value is -1.49. The van der Waals surface area contributed by atoms with Crippen LogP contribution in [-0.2, 0) is 0 Å². The first-order valence-corrected chi connectivity index (χ1v) is 5.67. The number of rotatable bonds is 1. The first-order chi connectivity index (χ1) is 8.08. The lowest BCUT2D eigenvalue weighted by Gasteiger charge is -2.34. The minimum atomic E-state index is -0.455. The quantitative estimate of drug-likeness (QED) is 0.796. The summed E-state index contributed by atoms with van der Waals surface area (Å²) in [4.78, 5) is 17.4. The van der Waals surface area contributed by atoms with Crippen LogP contribution in [0.2, 0.25) is 0 Å². The van der Waals surface area contributed by atoms with Gasteiger partial charge in [0.1, 0.15) is 11.5 Å². The van der Waals surface area contributed by atoms with Gasteiger partial charge in [0.05, 0.1) is 12.3 Å². The van der Waals surface area contributed by atoms with E-state index in [9.17, 15) is 14.3 Å². The van der Waals surface area contributed by atoms with Gasteiger partial charge in [0, 0.05) is 13.1 Å². The highest BCUT2D eigenvalue weighted by Gasteiger charge is 2.28. The molecule has 0 spiro atoms. The smallest absolute Gasteiger partial charge is 0.272 e. The van der Waals surface area contributed by atoms with Gasteiger partial charge in [-0.3, -0.25) is 4.79 Å². The molecule has 0 radical (unpaired) electrons. The highest BCUT2D eigenvalue weighted by Crippen LogP contribution is 2.18. The number of amides is 1. The van der Waals surface area contributed by atoms with Crippen LogP contribution in [-0.4, -0.2) is 40.1 Å². The second-order valence-corrected chi connectivity index (χ2v) is 4.45. The van der Waals surface area contributed by atoms with Crippen LogP contribution < -0.4 is 0 Å². The van der Waals surface area contributed by atoms with E-state index in [1.54, 1.807) is 4.90 Å². The maximum absolute atomic E-state index is 12.7. The van der Waals surface area contributed by atoms with E-state index in [2.05, 4.69) is 4.98 Å². The van der Waals surface area contributed by atoms with E-state index in [1.807, 2.05) is 6.92 Å². The van der Waals surface area contributed by atoms with Gasteiger partial charge in [-0.25, -0.2) is 9.37 Å². The molecule has 1 aromatic rings. The zero-order valence-electron chi connectivity index (χ0n) is 9.64. The summed E-state index contributed by atoms with van der Waals surface area (Å²) in [6.07, 6.45) is 1.27. The predicted octanol–water partition coefficient (Wildman–Crippen LogP) is 1.06. The van der Waals surface area contributed by atoms with E-state index in [1.165, 1.54) is 12.1 Å². The van der Waals surface area contributed by atoms with Gasteiger partial charge in [-0.2, -0.15) is 0 Å². The van der Waals surface area contributed by atoms with Crippen molar-refractivity contribution in [1.82, 2.24) is 9.88 Å². The number of piperidine rings is 1. The molecule has 1 aromatic heterocycles. The predicted molar refractivity (Wildman–Crippen MR) is 59.9 cm³/mol. The summed E-state index contributed by atoms with van der Waals surface area (Å²) in [6, 6.07) is 2.61. The summed E-state index contributed by atoms with van der Waals surface area (Å²) >= 11 is 0. The van der Waals surface area contributed by atoms with Crippen molar-refractivity contribution in [2.24, 2.45) is 5.92 Å². The monoisotopic (exact) mass is 238 g/mol. The lowest BCUT2D eigenvalue weighted by atomic mass is 9.96. The summed E-state index contributed by atoms with van der Waals surface area (Å²) in [5.74, 6) is -0.596. The van der Waals surface area contributed by atoms with Gasteiger partial charge in [-0.1, -0.05) is 6.92 Å². The fourth-order valence-electron chi connectivity index (χ4n) is 1.98. The standard InChI is InChI=1S/C12H15FN2O2/c1-8-7-15(5-4-11(8)16)12(17)10-3-2-9(13)6-14-10/h2-3,6,8,11,16H,4-5,7H2,1H3. The second kappa shape index (κ2) is 4.79. The third kappa shape index (κ3) is 2.61. The SMILES string of the molecule is CC1CN(C(=O)c2ccc(F)cn2)CCC1O. The second-order valence-electron chi connectivity index (χ2n) is 4.45. The zero-order valence-corrected chi connectivity index (χ0v) is 9.64. The van der Waals surface area contributed by atoms with Gasteiger partial charge < -0.3 is 10.0 Å². The Bertz CT molecular complexity index is 407. The van der Waals surface area contributed by atoms with Crippen molar-refractivity contribution in [2.75, 3.05) is 13.1 Å². The van der Waals surface area contributed by atoms with Crippen molar-refractivity contribution < 1.29 is 14.3 Å². The van der Waals surface area contributed by atoms with Crippen molar-refractivity contribution in [3.63, 3.8) is 0 Å². The fraction of sp³-hybridized carbons (Fsp3) is 0.500. The molecular formula is C12H15FN2O2. The number of halogens is 1. The molecule has 0 bridgehead atoms. The summed E-state index contributed by atoms with van der Waals surface area (Å²) in [7, 11) is 0. The molecule has 0 aromatic carbocycles. The molecule has 1 aliphatic rings. The van der Waals surface area contributed by atoms with Crippen molar-refractivity contribution >= 4 is 5.91 Å². The Labute approximate surface area is 99.1 Å². The van der Waals surface area contributed by atoms with Gasteiger partial charge in [-0.15, -0.1) is 0 Å². The lowest BCUT2D eigenvalue weighted by molar-refractivity contribution is 0.0294. The molecule has 2 atom stereocenters. The number of carbonyl (C=O) groups excluding carboxylic acids is 1. The molecule has 2 rings (SSSR count). The van der Waals surface area contributed by atoms with Crippen molar-refractivity contribution in [1.29, 1.82) is 0 Å². The molecule has 1 N–H and O–H groups in total. The minimum absolute atomic E-state index is 0.0631. The number of hydrogen-bond donors (Lipinski definition) is 1. The number of nitrogens with zero attached hydrogens (tertiary/aromatic N) is 2. The van der Waals surface area contributed by atoms with Crippen molar-refractivity contribution in [3.05, 3.63) is 29.8 Å². The summed E-state index contributed by atoms with van der Waals surface area (Å²) in [6.45, 7) is 2.94. The van der Waals surface area contributed by atoms with Crippen LogP contribution in [0.15, 0.2) is 18.3 Å². The van der Waals surface area contributed by atoms with E-state index in [0.717, 1.165) is 6.20 Å². The molecule has 17 heavy (non-hydrogen) atoms. The van der Waals surface area contributed by atoms with Crippen LogP contribution >= 0.6 is 0 Å². The van der Waals surface area contributed by atoms with Crippen LogP contribution in [0.1, 0.15) is 23.8 Å². The highest BCUT2D eigenvalue weighted by molar-refractivity contribution is 5.92. The average Bonchev–Trinajstić information content (AvgIpc) is 2.33. The van der Waals surface area contributed by atoms with Gasteiger partial charge in [0.2, 0.25) is 0 Å². The third-order valence-electron chi connectivity index (χ3n) is 3.09. The molecule has 4 nitrogen and oxygen atoms in total. The summed E-state index contributed by atoms with van der Waals surface area (Å²) in [5.41, 5.74) is 0.245. The van der Waals surface area contributed by atoms with Gasteiger partial charge in [0.25, 0.3) is 5.91 Å². The Morgan fingerprint density at radius 1 is 1.59 bits per heavy atom. The Morgan fingerprint density at radius 3 is 2.94 bits per heavy atom. The first-order valence-electron chi connectivity index (χ1n) is 5.67. The number of pyridine rings is 1. The van der Waals surface area contributed by atoms with Gasteiger partial charge >= 0.3 is 0 Å². The van der Waals surface area contributed by atoms with E-state index in [-0.39, 0.29) is 23.6 Å². The fourth-order valence-corrected chi connectivity index (χ4v) is 1.98. The molecule has 2 heterocycles. The Balaban J connectivity index is 2.08. The van der Waals surface area contributed by atoms with Crippen LogP contribution in [0.4, 0.5) is 4.39 Å². The molecule has 2 unspecified atom stereocenters. The molecule has 0 aliphatic carbocycles. The summed E-state index contributed by atoms with van der Waals surface area (Å²) in [5, 5.41) is 9.58. The molecule has 1 fully saturated rings. The zero-order chi connectivity index (χ0) is 12.4. The Morgan fingerprint density at radius 2 is 2.35 bits per heavy atom. The van der Waals surface area contributed by atoms with E-state index >= 15 is 0 Å². The molecule has 1 amide bonds. The number of hydrogen-bond acceptors (Lipinski definition) is 3. The summed E-state index contributed by atoms with van der Waals surface area (Å²) < 4.78 is 12.7. The lowest BCUT2D eigenvalue weighted by Crippen LogP contribution is -2.45. The van der Waals surface area contributed by atoms with E-state index in [0.29, 0.717) is 19.5 Å². The minimum Gasteiger partial charge on any atom is -0.393 e. The highest BCUT2D eigenvalue weighted by atomic mass is 19.1. The van der Waals surface area contributed by atoms with Crippen molar-refractivity contribution in [2.45, 2.75) is 19.4 Å². The topological polar surface area (TPSA) is 53.4 Å². The first kappa shape index (κ1) is 12.0. The molecule has 92 valence electrons. The van der Waals surface area contributed by atoms with Crippen LogP contribution in [0.5, 0.6) is 0 Å². The van der Waals surface area contributed by atoms with Crippen LogP contribution in [0.25, 0.3) is 0 Å².